The maximum Gasteiger partial charge on any atom is 0.418 e. The number of ether oxygens (including phenoxy) is 3. The Morgan fingerprint density at radius 2 is 1.04 bits per heavy atom. The maximum atomic E-state index is 13.0. The summed E-state index contributed by atoms with van der Waals surface area (Å²) in [5.41, 5.74) is 2.97. The molecule has 6 rings (SSSR count). The van der Waals surface area contributed by atoms with Gasteiger partial charge in [0.1, 0.15) is 4.47 Å². The highest BCUT2D eigenvalue weighted by molar-refractivity contribution is 9.10. The summed E-state index contributed by atoms with van der Waals surface area (Å²) in [6, 6.07) is 16.8. The van der Waals surface area contributed by atoms with Gasteiger partial charge in [-0.2, -0.15) is 55.7 Å². The van der Waals surface area contributed by atoms with Crippen LogP contribution < -0.4 is 36.6 Å². The molecule has 0 saturated carbocycles. The summed E-state index contributed by atoms with van der Waals surface area (Å²) in [6.07, 6.45) is -5.56. The SMILES string of the molecule is COc1cnn(-c2ccccc2C(F)(F)F)c(=O)c1Cl.COc1cnn(-c2ccccc2C(F)(F)F)c(=O)c1OC.Cc1ccccc1-n1ncc(N)c(Br)c1=O. The number of aryl methyl sites for hydroxylation is 1. The third-order valence-electron chi connectivity index (χ3n) is 7.60. The van der Waals surface area contributed by atoms with Gasteiger partial charge >= 0.3 is 17.9 Å². The number of alkyl halides is 6. The first-order valence-electron chi connectivity index (χ1n) is 15.8. The molecule has 0 unspecified atom stereocenters. The van der Waals surface area contributed by atoms with E-state index in [0.717, 1.165) is 47.9 Å². The highest BCUT2D eigenvalue weighted by Gasteiger charge is 2.35. The molecule has 21 heteroatoms. The van der Waals surface area contributed by atoms with Crippen LogP contribution in [0, 0.1) is 6.92 Å². The van der Waals surface area contributed by atoms with Gasteiger partial charge in [-0.15, -0.1) is 0 Å². The Hall–Kier alpha value is -6.15. The molecule has 0 aliphatic rings. The van der Waals surface area contributed by atoms with Crippen LogP contribution in [0.4, 0.5) is 32.0 Å². The molecule has 3 aromatic carbocycles. The molecule has 300 valence electrons. The van der Waals surface area contributed by atoms with Crippen molar-refractivity contribution < 1.29 is 40.6 Å². The number of nitrogens with two attached hydrogens (primary N) is 1. The van der Waals surface area contributed by atoms with E-state index >= 15 is 0 Å². The predicted molar refractivity (Wildman–Crippen MR) is 201 cm³/mol. The zero-order chi connectivity index (χ0) is 42.2. The van der Waals surface area contributed by atoms with Crippen molar-refractivity contribution in [1.29, 1.82) is 0 Å². The summed E-state index contributed by atoms with van der Waals surface area (Å²) in [5.74, 6) is -0.176. The molecule has 3 heterocycles. The van der Waals surface area contributed by atoms with Crippen molar-refractivity contribution >= 4 is 33.2 Å². The highest BCUT2D eigenvalue weighted by Crippen LogP contribution is 2.34. The normalized spacial score (nSPS) is 11.1. The second-order valence-corrected chi connectivity index (χ2v) is 12.3. The Bertz CT molecular complexity index is 2560. The summed E-state index contributed by atoms with van der Waals surface area (Å²) in [7, 11) is 3.79. The van der Waals surface area contributed by atoms with E-state index in [1.807, 2.05) is 31.2 Å². The van der Waals surface area contributed by atoms with Crippen LogP contribution in [0.25, 0.3) is 17.1 Å². The second kappa shape index (κ2) is 18.2. The van der Waals surface area contributed by atoms with Crippen LogP contribution >= 0.6 is 27.5 Å². The van der Waals surface area contributed by atoms with E-state index in [2.05, 4.69) is 31.2 Å². The molecule has 0 spiro atoms. The van der Waals surface area contributed by atoms with Crippen molar-refractivity contribution in [2.75, 3.05) is 27.1 Å². The van der Waals surface area contributed by atoms with Crippen LogP contribution in [0.2, 0.25) is 5.02 Å². The molecule has 6 aromatic rings. The van der Waals surface area contributed by atoms with E-state index in [1.165, 1.54) is 56.5 Å². The molecule has 3 aromatic heterocycles. The molecule has 0 saturated heterocycles. The highest BCUT2D eigenvalue weighted by atomic mass is 79.9. The van der Waals surface area contributed by atoms with Gasteiger partial charge in [0.2, 0.25) is 5.75 Å². The van der Waals surface area contributed by atoms with Crippen molar-refractivity contribution in [1.82, 2.24) is 29.3 Å². The fourth-order valence-corrected chi connectivity index (χ4v) is 5.35. The van der Waals surface area contributed by atoms with Gasteiger partial charge in [-0.05, 0) is 58.7 Å². The van der Waals surface area contributed by atoms with Crippen LogP contribution in [-0.4, -0.2) is 50.7 Å². The molecule has 0 aliphatic carbocycles. The topological polar surface area (TPSA) is 158 Å². The van der Waals surface area contributed by atoms with Crippen molar-refractivity contribution in [3.05, 3.63) is 149 Å². The minimum Gasteiger partial charge on any atom is -0.493 e. The fourth-order valence-electron chi connectivity index (χ4n) is 4.87. The Balaban J connectivity index is 0.000000191. The molecule has 0 amide bonds. The molecule has 13 nitrogen and oxygen atoms in total. The number of rotatable bonds is 6. The first kappa shape index (κ1) is 43.6. The summed E-state index contributed by atoms with van der Waals surface area (Å²) < 4.78 is 95.1. The lowest BCUT2D eigenvalue weighted by Crippen LogP contribution is -2.25. The minimum absolute atomic E-state index is 0.00240. The standard InChI is InChI=1S/C13H11F3N2O3.C12H8ClF3N2O2.C11H10BrN3O/c1-20-10-7-17-18(12(19)11(10)21-2)9-6-4-3-5-8(9)13(14,15)16;1-20-9-6-17-18(11(19)10(9)13)8-5-3-2-4-7(8)12(14,15)16;1-7-4-2-3-5-9(7)15-11(16)10(12)8(13)6-14-15/h3-7H,1-2H3;2-6H,1H3;2-6H,13H2,1H3. The molecule has 0 aliphatic heterocycles. The van der Waals surface area contributed by atoms with Crippen molar-refractivity contribution in [2.45, 2.75) is 19.3 Å². The van der Waals surface area contributed by atoms with E-state index in [4.69, 9.17) is 31.5 Å². The fraction of sp³-hybridized carbons (Fsp3) is 0.167. The largest absolute Gasteiger partial charge is 0.493 e. The van der Waals surface area contributed by atoms with Crippen molar-refractivity contribution in [3.63, 3.8) is 0 Å². The molecular weight excluding hydrogens is 856 g/mol. The van der Waals surface area contributed by atoms with Gasteiger partial charge in [0.15, 0.2) is 16.5 Å². The number of anilines is 1. The van der Waals surface area contributed by atoms with Gasteiger partial charge in [-0.25, -0.2) is 0 Å². The number of hydrogen-bond donors (Lipinski definition) is 1. The minimum atomic E-state index is -4.61. The van der Waals surface area contributed by atoms with Gasteiger partial charge in [0.25, 0.3) is 11.1 Å². The third-order valence-corrected chi connectivity index (χ3v) is 8.74. The van der Waals surface area contributed by atoms with E-state index in [-0.39, 0.29) is 33.5 Å². The third kappa shape index (κ3) is 9.81. The van der Waals surface area contributed by atoms with Gasteiger partial charge in [0.05, 0.1) is 73.8 Å². The van der Waals surface area contributed by atoms with E-state index in [9.17, 15) is 40.7 Å². The number of para-hydroxylation sites is 3. The predicted octanol–water partition coefficient (Wildman–Crippen LogP) is 7.07. The smallest absolute Gasteiger partial charge is 0.418 e. The number of nitrogen functional groups attached to an aromatic ring is 1. The number of aromatic nitrogens is 6. The monoisotopic (exact) mass is 883 g/mol. The van der Waals surface area contributed by atoms with E-state index < -0.39 is 40.3 Å². The molecule has 2 N–H and O–H groups in total. The average molecular weight is 885 g/mol. The average Bonchev–Trinajstić information content (AvgIpc) is 3.18. The van der Waals surface area contributed by atoms with E-state index in [1.54, 1.807) is 0 Å². The lowest BCUT2D eigenvalue weighted by atomic mass is 10.1. The maximum absolute atomic E-state index is 13.0. The van der Waals surface area contributed by atoms with Crippen LogP contribution in [0.1, 0.15) is 16.7 Å². The number of methoxy groups -OCH3 is 3. The number of benzene rings is 3. The molecule has 57 heavy (non-hydrogen) atoms. The Labute approximate surface area is 331 Å². The Morgan fingerprint density at radius 1 is 0.614 bits per heavy atom. The molecule has 0 radical (unpaired) electrons. The van der Waals surface area contributed by atoms with Gasteiger partial charge in [-0.3, -0.25) is 14.4 Å². The van der Waals surface area contributed by atoms with Gasteiger partial charge < -0.3 is 19.9 Å². The first-order valence-corrected chi connectivity index (χ1v) is 17.0. The Kier molecular flexibility index (Phi) is 13.9. The number of nitrogens with zero attached hydrogens (tertiary/aromatic N) is 6. The molecule has 0 atom stereocenters. The van der Waals surface area contributed by atoms with Crippen LogP contribution in [0.5, 0.6) is 17.2 Å². The van der Waals surface area contributed by atoms with Gasteiger partial charge in [0, 0.05) is 0 Å². The van der Waals surface area contributed by atoms with E-state index in [0.29, 0.717) is 19.5 Å². The zero-order valence-corrected chi connectivity index (χ0v) is 32.2. The quantitative estimate of drug-likeness (QED) is 0.172. The van der Waals surface area contributed by atoms with Gasteiger partial charge in [-0.1, -0.05) is 54.1 Å². The summed E-state index contributed by atoms with van der Waals surface area (Å²) in [6.45, 7) is 1.92. The van der Waals surface area contributed by atoms with Crippen LogP contribution in [0.3, 0.4) is 0 Å². The molecular formula is C36H29BrClF6N7O6. The molecule has 0 bridgehead atoms. The number of hydrogen-bond acceptors (Lipinski definition) is 10. The first-order chi connectivity index (χ1) is 26.9. The lowest BCUT2D eigenvalue weighted by Gasteiger charge is -2.14. The summed E-state index contributed by atoms with van der Waals surface area (Å²) in [5, 5.41) is 11.0. The zero-order valence-electron chi connectivity index (χ0n) is 29.9. The number of halogens is 8. The van der Waals surface area contributed by atoms with Crippen LogP contribution in [0.15, 0.2) is 110 Å². The molecule has 0 fully saturated rings. The summed E-state index contributed by atoms with van der Waals surface area (Å²) in [4.78, 5) is 36.1. The Morgan fingerprint density at radius 3 is 1.51 bits per heavy atom. The summed E-state index contributed by atoms with van der Waals surface area (Å²) >= 11 is 8.89. The van der Waals surface area contributed by atoms with Crippen LogP contribution in [-0.2, 0) is 12.4 Å². The van der Waals surface area contributed by atoms with Crippen molar-refractivity contribution in [2.24, 2.45) is 0 Å². The lowest BCUT2D eigenvalue weighted by molar-refractivity contribution is -0.138. The van der Waals surface area contributed by atoms with Crippen molar-refractivity contribution in [3.8, 4) is 34.3 Å². The second-order valence-electron chi connectivity index (χ2n) is 11.2.